The number of esters is 2. The van der Waals surface area contributed by atoms with Crippen LogP contribution >= 0.6 is 11.6 Å². The van der Waals surface area contributed by atoms with E-state index >= 15 is 0 Å². The minimum absolute atomic E-state index is 0.0138. The van der Waals surface area contributed by atoms with Gasteiger partial charge in [0.15, 0.2) is 0 Å². The zero-order valence-electron chi connectivity index (χ0n) is 8.21. The van der Waals surface area contributed by atoms with Crippen LogP contribution < -0.4 is 5.73 Å². The quantitative estimate of drug-likeness (QED) is 0.405. The molecule has 0 rings (SSSR count). The van der Waals surface area contributed by atoms with Crippen LogP contribution in [0.25, 0.3) is 0 Å². The molecule has 0 aliphatic rings. The third kappa shape index (κ3) is 2.85. The third-order valence-corrected chi connectivity index (χ3v) is 1.87. The highest BCUT2D eigenvalue weighted by atomic mass is 35.5. The SMILES string of the molecule is CCOC(=O)C(N)(CCCl)C(=O)OC. The van der Waals surface area contributed by atoms with Gasteiger partial charge in [0.1, 0.15) is 0 Å². The Hall–Kier alpha value is -0.810. The third-order valence-electron chi connectivity index (χ3n) is 1.68. The van der Waals surface area contributed by atoms with Crippen LogP contribution in [0.5, 0.6) is 0 Å². The Labute approximate surface area is 87.5 Å². The van der Waals surface area contributed by atoms with E-state index in [1.165, 1.54) is 0 Å². The smallest absolute Gasteiger partial charge is 0.337 e. The van der Waals surface area contributed by atoms with Gasteiger partial charge in [-0.3, -0.25) is 0 Å². The molecule has 0 saturated carbocycles. The number of carbonyl (C=O) groups excluding carboxylic acids is 2. The highest BCUT2D eigenvalue weighted by molar-refractivity contribution is 6.18. The van der Waals surface area contributed by atoms with Crippen molar-refractivity contribution in [2.75, 3.05) is 19.6 Å². The molecule has 0 aromatic rings. The first-order chi connectivity index (χ1) is 6.52. The molecular formula is C8H14ClNO4. The second-order valence-corrected chi connectivity index (χ2v) is 3.00. The maximum absolute atomic E-state index is 11.3. The van der Waals surface area contributed by atoms with Crippen molar-refractivity contribution in [2.24, 2.45) is 5.73 Å². The van der Waals surface area contributed by atoms with Crippen molar-refractivity contribution in [3.05, 3.63) is 0 Å². The number of ether oxygens (including phenoxy) is 2. The van der Waals surface area contributed by atoms with Crippen molar-refractivity contribution >= 4 is 23.5 Å². The first-order valence-electron chi connectivity index (χ1n) is 4.13. The normalized spacial score (nSPS) is 14.3. The Morgan fingerprint density at radius 3 is 2.36 bits per heavy atom. The van der Waals surface area contributed by atoms with E-state index in [4.69, 9.17) is 17.3 Å². The standard InChI is InChI=1S/C8H14ClNO4/c1-3-14-7(12)8(10,4-5-9)6(11)13-2/h3-5,10H2,1-2H3. The lowest BCUT2D eigenvalue weighted by atomic mass is 9.98. The lowest BCUT2D eigenvalue weighted by Crippen LogP contribution is -2.56. The fourth-order valence-electron chi connectivity index (χ4n) is 0.879. The maximum Gasteiger partial charge on any atom is 0.337 e. The van der Waals surface area contributed by atoms with Crippen LogP contribution in [0, 0.1) is 0 Å². The molecule has 0 aromatic carbocycles. The van der Waals surface area contributed by atoms with Crippen molar-refractivity contribution < 1.29 is 19.1 Å². The summed E-state index contributed by atoms with van der Waals surface area (Å²) in [7, 11) is 1.15. The summed E-state index contributed by atoms with van der Waals surface area (Å²) < 4.78 is 9.07. The molecule has 2 N–H and O–H groups in total. The van der Waals surface area contributed by atoms with Crippen molar-refractivity contribution in [2.45, 2.75) is 18.9 Å². The average Bonchev–Trinajstić information content (AvgIpc) is 2.17. The number of rotatable bonds is 5. The second kappa shape index (κ2) is 5.82. The van der Waals surface area contributed by atoms with Crippen LogP contribution in [0.2, 0.25) is 0 Å². The number of nitrogens with two attached hydrogens (primary N) is 1. The van der Waals surface area contributed by atoms with E-state index in [0.29, 0.717) is 0 Å². The van der Waals surface area contributed by atoms with Gasteiger partial charge < -0.3 is 15.2 Å². The van der Waals surface area contributed by atoms with E-state index in [9.17, 15) is 9.59 Å². The number of alkyl halides is 1. The average molecular weight is 224 g/mol. The Balaban J connectivity index is 4.69. The molecule has 0 fully saturated rings. The molecular weight excluding hydrogens is 210 g/mol. The van der Waals surface area contributed by atoms with E-state index in [1.54, 1.807) is 6.92 Å². The van der Waals surface area contributed by atoms with Gasteiger partial charge in [-0.1, -0.05) is 0 Å². The van der Waals surface area contributed by atoms with Gasteiger partial charge in [0.2, 0.25) is 5.54 Å². The summed E-state index contributed by atoms with van der Waals surface area (Å²) in [4.78, 5) is 22.6. The fraction of sp³-hybridized carbons (Fsp3) is 0.750. The highest BCUT2D eigenvalue weighted by Crippen LogP contribution is 2.12. The van der Waals surface area contributed by atoms with Crippen LogP contribution in [0.1, 0.15) is 13.3 Å². The summed E-state index contributed by atoms with van der Waals surface area (Å²) in [5.41, 5.74) is 3.77. The summed E-state index contributed by atoms with van der Waals surface area (Å²) in [6.45, 7) is 1.77. The zero-order chi connectivity index (χ0) is 11.2. The van der Waals surface area contributed by atoms with Gasteiger partial charge in [-0.15, -0.1) is 11.6 Å². The molecule has 0 amide bonds. The molecule has 0 radical (unpaired) electrons. The van der Waals surface area contributed by atoms with Crippen LogP contribution in [-0.2, 0) is 19.1 Å². The summed E-state index contributed by atoms with van der Waals surface area (Å²) in [5.74, 6) is -1.58. The Kier molecular flexibility index (Phi) is 5.49. The molecule has 6 heteroatoms. The Bertz CT molecular complexity index is 221. The predicted octanol–water partition coefficient (Wildman–Crippen LogP) is 0.0489. The van der Waals surface area contributed by atoms with Crippen molar-refractivity contribution in [1.82, 2.24) is 0 Å². The highest BCUT2D eigenvalue weighted by Gasteiger charge is 2.44. The van der Waals surface area contributed by atoms with Gasteiger partial charge in [0.25, 0.3) is 0 Å². The Morgan fingerprint density at radius 1 is 1.43 bits per heavy atom. The van der Waals surface area contributed by atoms with Crippen molar-refractivity contribution in [1.29, 1.82) is 0 Å². The number of carbonyl (C=O) groups is 2. The molecule has 1 unspecified atom stereocenters. The molecule has 0 heterocycles. The summed E-state index contributed by atoms with van der Waals surface area (Å²) in [6, 6.07) is 0. The first-order valence-corrected chi connectivity index (χ1v) is 4.66. The number of halogens is 1. The molecule has 0 aliphatic heterocycles. The molecule has 0 bridgehead atoms. The van der Waals surface area contributed by atoms with Gasteiger partial charge in [0.05, 0.1) is 13.7 Å². The van der Waals surface area contributed by atoms with Gasteiger partial charge in [-0.25, -0.2) is 9.59 Å². The molecule has 1 atom stereocenters. The van der Waals surface area contributed by atoms with Crippen LogP contribution in [-0.4, -0.2) is 37.1 Å². The molecule has 0 saturated heterocycles. The summed E-state index contributed by atoms with van der Waals surface area (Å²) in [5, 5.41) is 0. The lowest BCUT2D eigenvalue weighted by Gasteiger charge is -2.22. The minimum Gasteiger partial charge on any atom is -0.467 e. The number of hydrogen-bond donors (Lipinski definition) is 1. The van der Waals surface area contributed by atoms with Gasteiger partial charge in [-0.2, -0.15) is 0 Å². The first kappa shape index (κ1) is 13.2. The lowest BCUT2D eigenvalue weighted by molar-refractivity contribution is -0.162. The largest absolute Gasteiger partial charge is 0.467 e. The topological polar surface area (TPSA) is 78.6 Å². The molecule has 0 spiro atoms. The van der Waals surface area contributed by atoms with E-state index in [1.807, 2.05) is 0 Å². The van der Waals surface area contributed by atoms with Gasteiger partial charge >= 0.3 is 11.9 Å². The van der Waals surface area contributed by atoms with E-state index in [-0.39, 0.29) is 18.9 Å². The fourth-order valence-corrected chi connectivity index (χ4v) is 1.18. The molecule has 82 valence electrons. The van der Waals surface area contributed by atoms with E-state index in [0.717, 1.165) is 7.11 Å². The van der Waals surface area contributed by atoms with Crippen molar-refractivity contribution in [3.8, 4) is 0 Å². The van der Waals surface area contributed by atoms with E-state index < -0.39 is 17.5 Å². The number of hydrogen-bond acceptors (Lipinski definition) is 5. The van der Waals surface area contributed by atoms with Gasteiger partial charge in [0, 0.05) is 12.3 Å². The minimum atomic E-state index is -1.79. The van der Waals surface area contributed by atoms with Crippen molar-refractivity contribution in [3.63, 3.8) is 0 Å². The van der Waals surface area contributed by atoms with Crippen LogP contribution in [0.3, 0.4) is 0 Å². The maximum atomic E-state index is 11.3. The van der Waals surface area contributed by atoms with Crippen LogP contribution in [0.15, 0.2) is 0 Å². The summed E-state index contributed by atoms with van der Waals surface area (Å²) in [6.07, 6.45) is -0.0138. The second-order valence-electron chi connectivity index (χ2n) is 2.62. The number of methoxy groups -OCH3 is 1. The molecule has 14 heavy (non-hydrogen) atoms. The van der Waals surface area contributed by atoms with E-state index in [2.05, 4.69) is 9.47 Å². The zero-order valence-corrected chi connectivity index (χ0v) is 8.97. The monoisotopic (exact) mass is 223 g/mol. The van der Waals surface area contributed by atoms with Gasteiger partial charge in [-0.05, 0) is 6.92 Å². The molecule has 5 nitrogen and oxygen atoms in total. The molecule has 0 aliphatic carbocycles. The molecule has 0 aromatic heterocycles. The predicted molar refractivity (Wildman–Crippen MR) is 50.9 cm³/mol. The van der Waals surface area contributed by atoms with Crippen LogP contribution in [0.4, 0.5) is 0 Å². The summed E-state index contributed by atoms with van der Waals surface area (Å²) >= 11 is 5.44. The Morgan fingerprint density at radius 2 is 2.00 bits per heavy atom.